The molecule has 5 rings (SSSR count). The van der Waals surface area contributed by atoms with Gasteiger partial charge in [0.1, 0.15) is 0 Å². The summed E-state index contributed by atoms with van der Waals surface area (Å²) >= 11 is 6.22. The molecule has 1 fully saturated rings. The van der Waals surface area contributed by atoms with Gasteiger partial charge < -0.3 is 10.2 Å². The number of aromatic nitrogens is 1. The minimum absolute atomic E-state index is 0.350. The highest BCUT2D eigenvalue weighted by Gasteiger charge is 2.29. The van der Waals surface area contributed by atoms with Gasteiger partial charge in [-0.2, -0.15) is 0 Å². The fourth-order valence-electron chi connectivity index (χ4n) is 6.61. The number of benzene rings is 2. The van der Waals surface area contributed by atoms with Crippen molar-refractivity contribution in [1.82, 2.24) is 15.2 Å². The Balaban J connectivity index is 1.32. The number of hydrogen-bond acceptors (Lipinski definition) is 4. The molecule has 0 saturated carbocycles. The van der Waals surface area contributed by atoms with Gasteiger partial charge in [0, 0.05) is 73.6 Å². The summed E-state index contributed by atoms with van der Waals surface area (Å²) in [5.41, 5.74) is 13.0. The first-order valence-corrected chi connectivity index (χ1v) is 16.1. The van der Waals surface area contributed by atoms with E-state index in [-0.39, 0.29) is 0 Å². The molecule has 4 nitrogen and oxygen atoms in total. The van der Waals surface area contributed by atoms with Crippen LogP contribution in [0.2, 0.25) is 5.02 Å². The minimum atomic E-state index is 0.350. The maximum absolute atomic E-state index is 6.22. The van der Waals surface area contributed by atoms with Gasteiger partial charge in [-0.3, -0.25) is 9.88 Å². The van der Waals surface area contributed by atoms with Crippen LogP contribution in [0.5, 0.6) is 0 Å². The molecule has 0 spiro atoms. The lowest BCUT2D eigenvalue weighted by molar-refractivity contribution is 0.256. The highest BCUT2D eigenvalue weighted by Crippen LogP contribution is 2.43. The van der Waals surface area contributed by atoms with Crippen LogP contribution in [0.25, 0.3) is 17.3 Å². The van der Waals surface area contributed by atoms with E-state index in [4.69, 9.17) is 11.6 Å². The Bertz CT molecular complexity index is 1510. The second kappa shape index (κ2) is 13.5. The molecular weight excluding hydrogens is 548 g/mol. The van der Waals surface area contributed by atoms with Gasteiger partial charge in [0.05, 0.1) is 0 Å². The van der Waals surface area contributed by atoms with Crippen LogP contribution in [0.4, 0.5) is 5.69 Å². The quantitative estimate of drug-likeness (QED) is 0.269. The number of aryl methyl sites for hydroxylation is 1. The van der Waals surface area contributed by atoms with Gasteiger partial charge in [0.15, 0.2) is 0 Å². The molecule has 1 saturated heterocycles. The molecular formula is C38H47ClN4. The van der Waals surface area contributed by atoms with Gasteiger partial charge in [-0.05, 0) is 103 Å². The molecule has 0 atom stereocenters. The maximum Gasteiger partial charge on any atom is 0.0445 e. The summed E-state index contributed by atoms with van der Waals surface area (Å²) in [5.74, 6) is 0. The largest absolute Gasteiger partial charge is 0.388 e. The molecule has 43 heavy (non-hydrogen) atoms. The van der Waals surface area contributed by atoms with Crippen LogP contribution in [0.15, 0.2) is 73.0 Å². The predicted octanol–water partition coefficient (Wildman–Crippen LogP) is 8.64. The zero-order chi connectivity index (χ0) is 30.6. The summed E-state index contributed by atoms with van der Waals surface area (Å²) < 4.78 is 0. The Hall–Kier alpha value is -3.34. The summed E-state index contributed by atoms with van der Waals surface area (Å²) in [7, 11) is 1.94. The van der Waals surface area contributed by atoms with E-state index in [9.17, 15) is 0 Å². The molecule has 0 amide bonds. The Morgan fingerprint density at radius 1 is 1.07 bits per heavy atom. The highest BCUT2D eigenvalue weighted by molar-refractivity contribution is 6.30. The van der Waals surface area contributed by atoms with Crippen LogP contribution < -0.4 is 10.2 Å². The lowest BCUT2D eigenvalue weighted by Crippen LogP contribution is -2.47. The van der Waals surface area contributed by atoms with Crippen LogP contribution in [-0.4, -0.2) is 49.7 Å². The standard InChI is InChI=1S/C38H47ClN4/c1-7-8-31-21-29(25-41-27(31)2)22-32-23-35(13-14-36(32)28(3)40-6)43-19-17-42(18-20-43)26-33-24-38(4,5)16-15-37(33)30-9-11-34(39)12-10-30/h7-14,21,23,25,40H,3,15-20,22,24,26H2,1-2,4-6H3/b8-7-. The number of piperazine rings is 1. The van der Waals surface area contributed by atoms with Crippen molar-refractivity contribution < 1.29 is 0 Å². The van der Waals surface area contributed by atoms with E-state index in [0.29, 0.717) is 5.41 Å². The molecule has 0 bridgehead atoms. The van der Waals surface area contributed by atoms with Crippen molar-refractivity contribution in [2.75, 3.05) is 44.7 Å². The third-order valence-electron chi connectivity index (χ3n) is 9.15. The average Bonchev–Trinajstić information content (AvgIpc) is 2.99. The number of allylic oxidation sites excluding steroid dienone is 2. The second-order valence-electron chi connectivity index (χ2n) is 13.0. The van der Waals surface area contributed by atoms with Crippen molar-refractivity contribution in [2.45, 2.75) is 53.4 Å². The Labute approximate surface area is 264 Å². The van der Waals surface area contributed by atoms with Gasteiger partial charge in [-0.1, -0.05) is 68.0 Å². The summed E-state index contributed by atoms with van der Waals surface area (Å²) in [4.78, 5) is 9.88. The summed E-state index contributed by atoms with van der Waals surface area (Å²) in [6.07, 6.45) is 10.6. The SMILES string of the molecule is C=C(NC)c1ccc(N2CCN(CC3=C(c4ccc(Cl)cc4)CCC(C)(C)C3)CC2)cc1Cc1cnc(C)c(/C=C\C)c1. The minimum Gasteiger partial charge on any atom is -0.388 e. The smallest absolute Gasteiger partial charge is 0.0445 e. The average molecular weight is 595 g/mol. The van der Waals surface area contributed by atoms with Crippen molar-refractivity contribution in [3.05, 3.63) is 111 Å². The van der Waals surface area contributed by atoms with Crippen LogP contribution in [0.3, 0.4) is 0 Å². The number of hydrogen-bond donors (Lipinski definition) is 1. The van der Waals surface area contributed by atoms with Gasteiger partial charge in [-0.25, -0.2) is 0 Å². The van der Waals surface area contributed by atoms with Crippen molar-refractivity contribution in [1.29, 1.82) is 0 Å². The first-order chi connectivity index (χ1) is 20.7. The van der Waals surface area contributed by atoms with Crippen LogP contribution in [0, 0.1) is 12.3 Å². The topological polar surface area (TPSA) is 31.4 Å². The predicted molar refractivity (Wildman–Crippen MR) is 186 cm³/mol. The first-order valence-electron chi connectivity index (χ1n) is 15.7. The lowest BCUT2D eigenvalue weighted by atomic mass is 9.73. The van der Waals surface area contributed by atoms with E-state index >= 15 is 0 Å². The van der Waals surface area contributed by atoms with Crippen LogP contribution in [-0.2, 0) is 6.42 Å². The van der Waals surface area contributed by atoms with E-state index in [1.807, 2.05) is 25.4 Å². The van der Waals surface area contributed by atoms with E-state index < -0.39 is 0 Å². The van der Waals surface area contributed by atoms with Gasteiger partial charge in [0.2, 0.25) is 0 Å². The Morgan fingerprint density at radius 3 is 2.51 bits per heavy atom. The lowest BCUT2D eigenvalue weighted by Gasteiger charge is -2.40. The van der Waals surface area contributed by atoms with Crippen molar-refractivity contribution >= 4 is 34.6 Å². The molecule has 0 unspecified atom stereocenters. The van der Waals surface area contributed by atoms with Gasteiger partial charge in [-0.15, -0.1) is 0 Å². The van der Waals surface area contributed by atoms with E-state index in [1.165, 1.54) is 45.5 Å². The zero-order valence-electron chi connectivity index (χ0n) is 26.6. The number of rotatable bonds is 9. The van der Waals surface area contributed by atoms with Gasteiger partial charge >= 0.3 is 0 Å². The van der Waals surface area contributed by atoms with Crippen LogP contribution >= 0.6 is 11.6 Å². The Morgan fingerprint density at radius 2 is 1.81 bits per heavy atom. The number of nitrogens with zero attached hydrogens (tertiary/aromatic N) is 3. The van der Waals surface area contributed by atoms with Crippen molar-refractivity contribution in [2.24, 2.45) is 5.41 Å². The summed E-state index contributed by atoms with van der Waals surface area (Å²) in [6.45, 7) is 18.5. The fraction of sp³-hybridized carbons (Fsp3) is 0.395. The molecule has 226 valence electrons. The maximum atomic E-state index is 6.22. The number of halogens is 1. The number of nitrogens with one attached hydrogen (secondary N) is 1. The fourth-order valence-corrected chi connectivity index (χ4v) is 6.74. The molecule has 2 aliphatic rings. The molecule has 1 N–H and O–H groups in total. The van der Waals surface area contributed by atoms with Crippen molar-refractivity contribution in [3.8, 4) is 0 Å². The Kier molecular flexibility index (Phi) is 9.78. The summed E-state index contributed by atoms with van der Waals surface area (Å²) in [5, 5.41) is 4.07. The van der Waals surface area contributed by atoms with Gasteiger partial charge in [0.25, 0.3) is 0 Å². The first kappa shape index (κ1) is 31.1. The monoisotopic (exact) mass is 594 g/mol. The molecule has 1 aliphatic carbocycles. The number of anilines is 1. The molecule has 0 radical (unpaired) electrons. The highest BCUT2D eigenvalue weighted by atomic mass is 35.5. The number of pyridine rings is 1. The molecule has 2 aromatic carbocycles. The normalized spacial score (nSPS) is 17.5. The molecule has 2 heterocycles. The van der Waals surface area contributed by atoms with E-state index in [2.05, 4.69) is 103 Å². The molecule has 3 aromatic rings. The molecule has 1 aromatic heterocycles. The van der Waals surface area contributed by atoms with Crippen molar-refractivity contribution in [3.63, 3.8) is 0 Å². The third kappa shape index (κ3) is 7.60. The molecule has 1 aliphatic heterocycles. The third-order valence-corrected chi connectivity index (χ3v) is 9.41. The van der Waals surface area contributed by atoms with E-state index in [1.54, 1.807) is 5.57 Å². The zero-order valence-corrected chi connectivity index (χ0v) is 27.4. The van der Waals surface area contributed by atoms with Crippen LogP contribution in [0.1, 0.15) is 73.5 Å². The molecule has 5 heteroatoms. The summed E-state index contributed by atoms with van der Waals surface area (Å²) in [6, 6.07) is 17.6. The second-order valence-corrected chi connectivity index (χ2v) is 13.4. The van der Waals surface area contributed by atoms with E-state index in [0.717, 1.165) is 68.4 Å².